The number of halogens is 1. The maximum Gasteiger partial charge on any atom is 0.407 e. The van der Waals surface area contributed by atoms with Crippen LogP contribution in [0.3, 0.4) is 0 Å². The van der Waals surface area contributed by atoms with Gasteiger partial charge in [-0.05, 0) is 126 Å². The van der Waals surface area contributed by atoms with Crippen LogP contribution in [0.15, 0.2) is 54.9 Å². The average Bonchev–Trinajstić information content (AvgIpc) is 3.84. The number of carboxylic acid groups (broad SMARTS) is 2. The van der Waals surface area contributed by atoms with Crippen molar-refractivity contribution in [3.8, 4) is 33.6 Å². The Balaban J connectivity index is 0.824. The van der Waals surface area contributed by atoms with Gasteiger partial charge in [-0.25, -0.2) is 23.9 Å². The van der Waals surface area contributed by atoms with Crippen LogP contribution in [0.2, 0.25) is 0 Å². The molecule has 10 rings (SSSR count). The van der Waals surface area contributed by atoms with Gasteiger partial charge < -0.3 is 39.5 Å². The molecule has 0 radical (unpaired) electrons. The number of carbonyl (C=O) groups is 4. The summed E-state index contributed by atoms with van der Waals surface area (Å²) >= 11 is 0. The fraction of sp³-hybridized carbons (Fsp3) is 0.560. The van der Waals surface area contributed by atoms with E-state index in [0.717, 1.165) is 54.6 Å². The lowest BCUT2D eigenvalue weighted by Gasteiger charge is -2.41. The third kappa shape index (κ3) is 8.46. The highest BCUT2D eigenvalue weighted by Crippen LogP contribution is 2.51. The molecule has 4 unspecified atom stereocenters. The molecule has 6 aliphatic rings. The first kappa shape index (κ1) is 45.0. The van der Waals surface area contributed by atoms with Crippen molar-refractivity contribution in [3.63, 3.8) is 0 Å². The van der Waals surface area contributed by atoms with E-state index in [2.05, 4.69) is 9.97 Å². The van der Waals surface area contributed by atoms with Crippen molar-refractivity contribution in [2.75, 3.05) is 27.3 Å². The van der Waals surface area contributed by atoms with Crippen LogP contribution in [-0.4, -0.2) is 136 Å². The number of H-pyrrole nitrogens is 2. The lowest BCUT2D eigenvalue weighted by atomic mass is 9.85. The van der Waals surface area contributed by atoms with Crippen LogP contribution in [0.4, 0.5) is 14.0 Å². The van der Waals surface area contributed by atoms with Crippen molar-refractivity contribution in [1.82, 2.24) is 39.5 Å². The number of aromatic nitrogens is 4. The fourth-order valence-corrected chi connectivity index (χ4v) is 11.8. The molecule has 8 atom stereocenters. The summed E-state index contributed by atoms with van der Waals surface area (Å²) in [5, 5.41) is 20.1. The molecule has 2 spiro atoms. The number of imidazole rings is 2. The van der Waals surface area contributed by atoms with Crippen molar-refractivity contribution >= 4 is 24.0 Å². The smallest absolute Gasteiger partial charge is 0.407 e. The van der Waals surface area contributed by atoms with Crippen molar-refractivity contribution < 1.29 is 43.3 Å². The van der Waals surface area contributed by atoms with Crippen LogP contribution in [-0.2, 0) is 19.1 Å². The highest BCUT2D eigenvalue weighted by molar-refractivity contribution is 5.87. The minimum atomic E-state index is -1.15. The van der Waals surface area contributed by atoms with E-state index >= 15 is 4.39 Å². The fourth-order valence-electron chi connectivity index (χ4n) is 11.8. The lowest BCUT2D eigenvalue weighted by molar-refractivity contribution is -0.144. The molecular formula is C50H61FN8O8. The van der Waals surface area contributed by atoms with Gasteiger partial charge in [0, 0.05) is 62.9 Å². The standard InChI is InChI=1S/C50H61FN8O8/c1-28-5-13-39(58(28)45(60)41(56(3)47(62)63)33-15-21-66-49(24-33)17-18-49)43-52-26-37(54-43)31-9-7-30(8-10-31)32-11-12-35(36(51)23-32)38-27-53-44(55-38)40-14-6-29(2)59(40)46(61)42(57(4)48(64)65)34-16-22-67-50(25-34)19-20-50/h7-12,23,26-29,33-34,39-42H,5-6,13-22,24-25H2,1-4H3,(H,52,54)(H,53,55)(H,62,63)(H,64,65)/t28-,29-,33?,34?,39-,40-,41?,42?/m0/s1. The number of ether oxygens (including phenoxy) is 2. The first-order chi connectivity index (χ1) is 32.1. The molecule has 17 heteroatoms. The van der Waals surface area contributed by atoms with E-state index in [4.69, 9.17) is 19.4 Å². The Morgan fingerprint density at radius 1 is 0.672 bits per heavy atom. The molecule has 4 saturated heterocycles. The number of hydrogen-bond donors (Lipinski definition) is 4. The third-order valence-corrected chi connectivity index (χ3v) is 15.9. The molecule has 6 heterocycles. The maximum absolute atomic E-state index is 16.0. The Hall–Kier alpha value is -5.81. The van der Waals surface area contributed by atoms with Crippen molar-refractivity contribution in [2.45, 2.75) is 138 Å². The van der Waals surface area contributed by atoms with Gasteiger partial charge >= 0.3 is 12.2 Å². The summed E-state index contributed by atoms with van der Waals surface area (Å²) < 4.78 is 28.1. The number of likely N-dealkylation sites (tertiary alicyclic amines) is 2. The highest BCUT2D eigenvalue weighted by Gasteiger charge is 2.54. The summed E-state index contributed by atoms with van der Waals surface area (Å²) in [7, 11) is 2.97. The van der Waals surface area contributed by atoms with Crippen molar-refractivity contribution in [3.05, 3.63) is 72.3 Å². The molecule has 2 aliphatic carbocycles. The average molecular weight is 921 g/mol. The number of benzene rings is 2. The van der Waals surface area contributed by atoms with Crippen LogP contribution in [0.1, 0.15) is 115 Å². The molecule has 0 bridgehead atoms. The molecule has 16 nitrogen and oxygen atoms in total. The number of amides is 4. The van der Waals surface area contributed by atoms with Gasteiger partial charge in [0.2, 0.25) is 11.8 Å². The van der Waals surface area contributed by atoms with Gasteiger partial charge in [0.15, 0.2) is 0 Å². The Morgan fingerprint density at radius 2 is 1.12 bits per heavy atom. The Morgan fingerprint density at radius 3 is 1.58 bits per heavy atom. The van der Waals surface area contributed by atoms with E-state index in [0.29, 0.717) is 85.9 Å². The van der Waals surface area contributed by atoms with E-state index in [1.165, 1.54) is 25.1 Å². The number of likely N-dealkylation sites (N-methyl/N-ethyl adjacent to an activating group) is 2. The van der Waals surface area contributed by atoms with Gasteiger partial charge in [0.05, 0.1) is 34.7 Å². The number of carbonyl (C=O) groups excluding carboxylic acids is 2. The van der Waals surface area contributed by atoms with Crippen molar-refractivity contribution in [2.24, 2.45) is 11.8 Å². The van der Waals surface area contributed by atoms with Crippen LogP contribution in [0.25, 0.3) is 33.6 Å². The Labute approximate surface area is 389 Å². The summed E-state index contributed by atoms with van der Waals surface area (Å²) in [5.74, 6) is 0.0260. The summed E-state index contributed by atoms with van der Waals surface area (Å²) in [4.78, 5) is 75.9. The second-order valence-electron chi connectivity index (χ2n) is 20.2. The zero-order chi connectivity index (χ0) is 46.9. The zero-order valence-corrected chi connectivity index (χ0v) is 38.6. The molecule has 2 aromatic heterocycles. The predicted molar refractivity (Wildman–Crippen MR) is 244 cm³/mol. The van der Waals surface area contributed by atoms with Crippen molar-refractivity contribution in [1.29, 1.82) is 0 Å². The summed E-state index contributed by atoms with van der Waals surface area (Å²) in [6.07, 6.45) is 10.4. The highest BCUT2D eigenvalue weighted by atomic mass is 19.1. The first-order valence-corrected chi connectivity index (χ1v) is 24.0. The SMILES string of the molecule is C[C@H]1CC[C@@H](c2nc(-c3ccc(-c4ccc(-c5c[nH]c([C@@H]6CC[C@H](C)N6C(=O)C(C6CCOC7(CC7)C6)N(C)C(=O)O)n5)c(F)c4)cc3)c[nH]2)N1C(=O)C(C1CCOC2(CC2)C1)N(C)C(=O)O. The molecule has 67 heavy (non-hydrogen) atoms. The van der Waals surface area contributed by atoms with Gasteiger partial charge in [0.1, 0.15) is 29.5 Å². The molecular weight excluding hydrogens is 860 g/mol. The monoisotopic (exact) mass is 920 g/mol. The van der Waals surface area contributed by atoms with Crippen LogP contribution >= 0.6 is 0 Å². The minimum absolute atomic E-state index is 0.0894. The van der Waals surface area contributed by atoms with Gasteiger partial charge in [-0.2, -0.15) is 0 Å². The van der Waals surface area contributed by atoms with E-state index in [-0.39, 0.29) is 53.0 Å². The van der Waals surface area contributed by atoms with E-state index < -0.39 is 36.1 Å². The minimum Gasteiger partial charge on any atom is -0.465 e. The van der Waals surface area contributed by atoms with Gasteiger partial charge in [-0.1, -0.05) is 30.3 Å². The first-order valence-electron chi connectivity index (χ1n) is 24.0. The molecule has 6 fully saturated rings. The van der Waals surface area contributed by atoms with Gasteiger partial charge in [0.25, 0.3) is 0 Å². The maximum atomic E-state index is 16.0. The van der Waals surface area contributed by atoms with E-state index in [1.807, 2.05) is 55.3 Å². The number of aromatic amines is 2. The number of hydrogen-bond acceptors (Lipinski definition) is 8. The van der Waals surface area contributed by atoms with Crippen LogP contribution < -0.4 is 0 Å². The topological polar surface area (TPSA) is 198 Å². The second kappa shape index (κ2) is 17.4. The van der Waals surface area contributed by atoms with Gasteiger partial charge in [-0.3, -0.25) is 19.4 Å². The third-order valence-electron chi connectivity index (χ3n) is 15.9. The Kier molecular flexibility index (Phi) is 11.7. The molecule has 4 aromatic rings. The quantitative estimate of drug-likeness (QED) is 0.114. The largest absolute Gasteiger partial charge is 0.465 e. The summed E-state index contributed by atoms with van der Waals surface area (Å²) in [5.41, 5.74) is 3.28. The molecule has 2 saturated carbocycles. The van der Waals surface area contributed by atoms with Crippen LogP contribution in [0.5, 0.6) is 0 Å². The molecule has 4 aliphatic heterocycles. The predicted octanol–water partition coefficient (Wildman–Crippen LogP) is 8.25. The van der Waals surface area contributed by atoms with Gasteiger partial charge in [-0.15, -0.1) is 0 Å². The summed E-state index contributed by atoms with van der Waals surface area (Å²) in [6, 6.07) is 10.1. The molecule has 2 aromatic carbocycles. The molecule has 4 amide bonds. The number of nitrogens with one attached hydrogen (secondary N) is 2. The van der Waals surface area contributed by atoms with E-state index in [1.54, 1.807) is 17.2 Å². The molecule has 4 N–H and O–H groups in total. The summed E-state index contributed by atoms with van der Waals surface area (Å²) in [6.45, 7) is 5.02. The van der Waals surface area contributed by atoms with Crippen LogP contribution in [0, 0.1) is 17.7 Å². The molecule has 356 valence electrons. The lowest BCUT2D eigenvalue weighted by Crippen LogP contribution is -2.55. The normalized spacial score (nSPS) is 26.9. The van der Waals surface area contributed by atoms with E-state index in [9.17, 15) is 29.4 Å². The number of nitrogens with zero attached hydrogens (tertiary/aromatic N) is 6. The second-order valence-corrected chi connectivity index (χ2v) is 20.2. The zero-order valence-electron chi connectivity index (χ0n) is 38.6. The Bertz CT molecular complexity index is 2540. The number of rotatable bonds is 11.